The van der Waals surface area contributed by atoms with Crippen molar-refractivity contribution >= 4 is 32.7 Å². The van der Waals surface area contributed by atoms with Crippen molar-refractivity contribution in [3.05, 3.63) is 51.6 Å². The van der Waals surface area contributed by atoms with E-state index in [9.17, 15) is 4.79 Å². The summed E-state index contributed by atoms with van der Waals surface area (Å²) in [5, 5.41) is 1.18. The maximum Gasteiger partial charge on any atom is 0.223 e. The molecule has 0 spiro atoms. The van der Waals surface area contributed by atoms with Crippen LogP contribution in [0.15, 0.2) is 34.8 Å². The Morgan fingerprint density at radius 1 is 1.10 bits per heavy atom. The second-order valence-electron chi connectivity index (χ2n) is 7.30. The summed E-state index contributed by atoms with van der Waals surface area (Å²) in [6.07, 6.45) is 1.82. The number of fused-ring (bicyclic) bond motifs is 3. The summed E-state index contributed by atoms with van der Waals surface area (Å²) in [5.74, 6) is 1.92. The quantitative estimate of drug-likeness (QED) is 0.574. The number of methoxy groups -OCH3 is 3. The highest BCUT2D eigenvalue weighted by Gasteiger charge is 2.25. The van der Waals surface area contributed by atoms with Crippen LogP contribution in [0.25, 0.3) is 10.9 Å². The molecule has 1 amide bonds. The Morgan fingerprint density at radius 3 is 2.63 bits per heavy atom. The minimum atomic E-state index is 0.141. The summed E-state index contributed by atoms with van der Waals surface area (Å²) < 4.78 is 17.4. The van der Waals surface area contributed by atoms with Gasteiger partial charge in [-0.3, -0.25) is 4.79 Å². The molecular weight excluding hydrogens is 448 g/mol. The molecule has 3 aromatic rings. The molecule has 1 N–H and O–H groups in total. The standard InChI is InChI=1S/C23H25BrN2O4/c1-28-19-9-7-14(22(29-2)23(19)30-3)8-10-20(27)26-12-11-18-16(13-26)15-5-4-6-17(24)21(15)25-18/h4-7,9,25H,8,10-13H2,1-3H3. The number of carbonyl (C=O) groups is 1. The first kappa shape index (κ1) is 20.6. The molecular formula is C23H25BrN2O4. The molecule has 0 bridgehead atoms. The lowest BCUT2D eigenvalue weighted by molar-refractivity contribution is -0.132. The molecule has 1 aliphatic rings. The van der Waals surface area contributed by atoms with Crippen molar-refractivity contribution in [1.82, 2.24) is 9.88 Å². The number of benzene rings is 2. The van der Waals surface area contributed by atoms with E-state index >= 15 is 0 Å². The number of hydrogen-bond donors (Lipinski definition) is 1. The van der Waals surface area contributed by atoms with Crippen LogP contribution in [0.1, 0.15) is 23.2 Å². The first-order chi connectivity index (χ1) is 14.6. The molecule has 2 aromatic carbocycles. The third-order valence-corrected chi connectivity index (χ3v) is 6.37. The predicted molar refractivity (Wildman–Crippen MR) is 120 cm³/mol. The fourth-order valence-electron chi connectivity index (χ4n) is 4.17. The molecule has 158 valence electrons. The summed E-state index contributed by atoms with van der Waals surface area (Å²) >= 11 is 3.61. The first-order valence-corrected chi connectivity index (χ1v) is 10.7. The first-order valence-electron chi connectivity index (χ1n) is 9.91. The highest BCUT2D eigenvalue weighted by molar-refractivity contribution is 9.10. The van der Waals surface area contributed by atoms with E-state index < -0.39 is 0 Å². The number of rotatable bonds is 6. The Morgan fingerprint density at radius 2 is 1.90 bits per heavy atom. The van der Waals surface area contributed by atoms with E-state index in [1.807, 2.05) is 29.2 Å². The highest BCUT2D eigenvalue weighted by Crippen LogP contribution is 2.40. The Kier molecular flexibility index (Phi) is 5.90. The van der Waals surface area contributed by atoms with Gasteiger partial charge in [-0.05, 0) is 40.0 Å². The second-order valence-corrected chi connectivity index (χ2v) is 8.16. The molecule has 4 rings (SSSR count). The third-order valence-electron chi connectivity index (χ3n) is 5.71. The summed E-state index contributed by atoms with van der Waals surface area (Å²) in [4.78, 5) is 18.5. The summed E-state index contributed by atoms with van der Waals surface area (Å²) in [6, 6.07) is 9.95. The predicted octanol–water partition coefficient (Wildman–Crippen LogP) is 4.47. The lowest BCUT2D eigenvalue weighted by Gasteiger charge is -2.27. The van der Waals surface area contributed by atoms with Gasteiger partial charge in [0.05, 0.1) is 26.8 Å². The van der Waals surface area contributed by atoms with Crippen molar-refractivity contribution in [2.75, 3.05) is 27.9 Å². The SMILES string of the molecule is COc1ccc(CCC(=O)N2CCc3[nH]c4c(Br)cccc4c3C2)c(OC)c1OC. The molecule has 0 unspecified atom stereocenters. The van der Waals surface area contributed by atoms with E-state index in [1.165, 1.54) is 16.6 Å². The number of nitrogens with zero attached hydrogens (tertiary/aromatic N) is 1. The van der Waals surface area contributed by atoms with Crippen LogP contribution in [0, 0.1) is 0 Å². The Bertz CT molecular complexity index is 1090. The smallest absolute Gasteiger partial charge is 0.223 e. The lowest BCUT2D eigenvalue weighted by atomic mass is 10.0. The van der Waals surface area contributed by atoms with Crippen LogP contribution in [-0.2, 0) is 24.2 Å². The van der Waals surface area contributed by atoms with Crippen LogP contribution in [0.3, 0.4) is 0 Å². The van der Waals surface area contributed by atoms with Crippen LogP contribution in [0.2, 0.25) is 0 Å². The van der Waals surface area contributed by atoms with Crippen LogP contribution in [-0.4, -0.2) is 43.7 Å². The van der Waals surface area contributed by atoms with E-state index in [0.717, 1.165) is 28.5 Å². The number of aromatic amines is 1. The molecule has 30 heavy (non-hydrogen) atoms. The van der Waals surface area contributed by atoms with Gasteiger partial charge in [-0.2, -0.15) is 0 Å². The Hall–Kier alpha value is -2.67. The Labute approximate surface area is 184 Å². The fourth-order valence-corrected chi connectivity index (χ4v) is 4.64. The van der Waals surface area contributed by atoms with Gasteiger partial charge >= 0.3 is 0 Å². The molecule has 0 fully saturated rings. The van der Waals surface area contributed by atoms with Gasteiger partial charge in [-0.15, -0.1) is 0 Å². The van der Waals surface area contributed by atoms with E-state index in [1.54, 1.807) is 21.3 Å². The van der Waals surface area contributed by atoms with Crippen LogP contribution >= 0.6 is 15.9 Å². The number of nitrogens with one attached hydrogen (secondary N) is 1. The van der Waals surface area contributed by atoms with Gasteiger partial charge in [0.15, 0.2) is 11.5 Å². The largest absolute Gasteiger partial charge is 0.493 e. The molecule has 1 aromatic heterocycles. The van der Waals surface area contributed by atoms with Gasteiger partial charge in [0.2, 0.25) is 11.7 Å². The third kappa shape index (κ3) is 3.62. The molecule has 7 heteroatoms. The maximum absolute atomic E-state index is 13.0. The minimum Gasteiger partial charge on any atom is -0.493 e. The topological polar surface area (TPSA) is 63.8 Å². The van der Waals surface area contributed by atoms with Gasteiger partial charge in [-0.25, -0.2) is 0 Å². The monoisotopic (exact) mass is 472 g/mol. The zero-order valence-electron chi connectivity index (χ0n) is 17.4. The molecule has 0 saturated carbocycles. The Balaban J connectivity index is 1.50. The molecule has 1 aliphatic heterocycles. The maximum atomic E-state index is 13.0. The summed E-state index contributed by atoms with van der Waals surface area (Å²) in [6.45, 7) is 1.35. The minimum absolute atomic E-state index is 0.141. The highest BCUT2D eigenvalue weighted by atomic mass is 79.9. The van der Waals surface area contributed by atoms with Gasteiger partial charge in [-0.1, -0.05) is 18.2 Å². The number of hydrogen-bond acceptors (Lipinski definition) is 4. The molecule has 0 saturated heterocycles. The van der Waals surface area contributed by atoms with Crippen molar-refractivity contribution in [3.8, 4) is 17.2 Å². The summed E-state index contributed by atoms with van der Waals surface area (Å²) in [5.41, 5.74) is 4.47. The van der Waals surface area contributed by atoms with Crippen molar-refractivity contribution in [3.63, 3.8) is 0 Å². The number of H-pyrrole nitrogens is 1. The number of carbonyl (C=O) groups excluding carboxylic acids is 1. The van der Waals surface area contributed by atoms with E-state index in [-0.39, 0.29) is 5.91 Å². The molecule has 0 atom stereocenters. The zero-order valence-corrected chi connectivity index (χ0v) is 19.0. The number of para-hydroxylation sites is 1. The average Bonchev–Trinajstić information content (AvgIpc) is 3.16. The van der Waals surface area contributed by atoms with Crippen molar-refractivity contribution < 1.29 is 19.0 Å². The number of aryl methyl sites for hydroxylation is 1. The van der Waals surface area contributed by atoms with Gasteiger partial charge in [0.1, 0.15) is 0 Å². The van der Waals surface area contributed by atoms with Gasteiger partial charge in [0.25, 0.3) is 0 Å². The van der Waals surface area contributed by atoms with E-state index in [0.29, 0.717) is 36.6 Å². The number of aromatic nitrogens is 1. The number of halogens is 1. The molecule has 0 aliphatic carbocycles. The molecule has 0 radical (unpaired) electrons. The zero-order chi connectivity index (χ0) is 21.3. The van der Waals surface area contributed by atoms with Crippen molar-refractivity contribution in [2.24, 2.45) is 0 Å². The van der Waals surface area contributed by atoms with Crippen molar-refractivity contribution in [1.29, 1.82) is 0 Å². The lowest BCUT2D eigenvalue weighted by Crippen LogP contribution is -2.35. The summed E-state index contributed by atoms with van der Waals surface area (Å²) in [7, 11) is 4.78. The van der Waals surface area contributed by atoms with Crippen LogP contribution in [0.4, 0.5) is 0 Å². The van der Waals surface area contributed by atoms with Crippen LogP contribution < -0.4 is 14.2 Å². The number of ether oxygens (including phenoxy) is 3. The fraction of sp³-hybridized carbons (Fsp3) is 0.348. The van der Waals surface area contributed by atoms with E-state index in [4.69, 9.17) is 14.2 Å². The van der Waals surface area contributed by atoms with Crippen LogP contribution in [0.5, 0.6) is 17.2 Å². The van der Waals surface area contributed by atoms with Gasteiger partial charge in [0, 0.05) is 47.0 Å². The molecule has 6 nitrogen and oxygen atoms in total. The number of amides is 1. The van der Waals surface area contributed by atoms with E-state index in [2.05, 4.69) is 27.0 Å². The van der Waals surface area contributed by atoms with Gasteiger partial charge < -0.3 is 24.1 Å². The average molecular weight is 473 g/mol. The second kappa shape index (κ2) is 8.60. The molecule has 2 heterocycles. The van der Waals surface area contributed by atoms with Crippen molar-refractivity contribution in [2.45, 2.75) is 25.8 Å². The normalized spacial score (nSPS) is 13.3.